The summed E-state index contributed by atoms with van der Waals surface area (Å²) in [6.45, 7) is 7.12. The molecule has 0 unspecified atom stereocenters. The van der Waals surface area contributed by atoms with Crippen LogP contribution in [0.15, 0.2) is 29.3 Å². The van der Waals surface area contributed by atoms with Crippen molar-refractivity contribution in [3.05, 3.63) is 29.8 Å². The van der Waals surface area contributed by atoms with Crippen LogP contribution in [0, 0.1) is 0 Å². The summed E-state index contributed by atoms with van der Waals surface area (Å²) < 4.78 is 0. The van der Waals surface area contributed by atoms with Crippen molar-refractivity contribution in [3.63, 3.8) is 0 Å². The molecule has 0 saturated heterocycles. The van der Waals surface area contributed by atoms with E-state index in [0.717, 1.165) is 12.5 Å². The molecule has 0 aliphatic heterocycles. The van der Waals surface area contributed by atoms with Crippen LogP contribution in [0.5, 0.6) is 0 Å². The number of aliphatic imine (C=N–C) groups is 1. The number of guanidine groups is 1. The van der Waals surface area contributed by atoms with Crippen LogP contribution in [0.4, 0.5) is 5.69 Å². The van der Waals surface area contributed by atoms with Gasteiger partial charge in [-0.3, -0.25) is 4.99 Å². The lowest BCUT2D eigenvalue weighted by atomic mass is 10.1. The van der Waals surface area contributed by atoms with Crippen molar-refractivity contribution in [2.45, 2.75) is 32.9 Å². The van der Waals surface area contributed by atoms with Crippen LogP contribution in [-0.2, 0) is 6.54 Å². The normalized spacial score (nSPS) is 12.2. The maximum absolute atomic E-state index is 4.22. The van der Waals surface area contributed by atoms with E-state index in [1.54, 1.807) is 7.05 Å². The third-order valence-electron chi connectivity index (χ3n) is 2.63. The Kier molecular flexibility index (Phi) is 5.21. The van der Waals surface area contributed by atoms with E-state index in [-0.39, 0.29) is 5.54 Å². The van der Waals surface area contributed by atoms with Crippen molar-refractivity contribution in [1.82, 2.24) is 10.6 Å². The van der Waals surface area contributed by atoms with E-state index in [1.807, 2.05) is 14.1 Å². The number of anilines is 1. The second-order valence-corrected chi connectivity index (χ2v) is 5.86. The lowest BCUT2D eigenvalue weighted by molar-refractivity contribution is 0.501. The maximum atomic E-state index is 4.22. The molecule has 4 heteroatoms. The van der Waals surface area contributed by atoms with Gasteiger partial charge in [-0.05, 0) is 38.5 Å². The Labute approximate surface area is 116 Å². The van der Waals surface area contributed by atoms with E-state index in [0.29, 0.717) is 0 Å². The first-order chi connectivity index (χ1) is 8.81. The Hall–Kier alpha value is -1.71. The molecule has 0 radical (unpaired) electrons. The van der Waals surface area contributed by atoms with Gasteiger partial charge in [0.05, 0.1) is 0 Å². The minimum Gasteiger partial charge on any atom is -0.378 e. The average molecular weight is 262 g/mol. The predicted octanol–water partition coefficient (Wildman–Crippen LogP) is 2.22. The van der Waals surface area contributed by atoms with E-state index in [1.165, 1.54) is 11.3 Å². The number of nitrogens with one attached hydrogen (secondary N) is 2. The zero-order chi connectivity index (χ0) is 14.5. The molecule has 19 heavy (non-hydrogen) atoms. The van der Waals surface area contributed by atoms with Crippen LogP contribution >= 0.6 is 0 Å². The SMILES string of the molecule is CN=C(NCc1ccc(N(C)C)cc1)NC(C)(C)C. The van der Waals surface area contributed by atoms with Gasteiger partial charge in [0.1, 0.15) is 0 Å². The molecule has 0 saturated carbocycles. The Balaban J connectivity index is 2.56. The first kappa shape index (κ1) is 15.3. The highest BCUT2D eigenvalue weighted by molar-refractivity contribution is 5.80. The predicted molar refractivity (Wildman–Crippen MR) is 83.9 cm³/mol. The summed E-state index contributed by atoms with van der Waals surface area (Å²) in [5.74, 6) is 0.823. The molecular weight excluding hydrogens is 236 g/mol. The van der Waals surface area contributed by atoms with E-state index in [9.17, 15) is 0 Å². The summed E-state index contributed by atoms with van der Waals surface area (Å²) in [4.78, 5) is 6.31. The molecule has 0 bridgehead atoms. The summed E-state index contributed by atoms with van der Waals surface area (Å²) in [7, 11) is 5.88. The van der Waals surface area contributed by atoms with E-state index in [2.05, 4.69) is 65.6 Å². The molecule has 0 spiro atoms. The summed E-state index contributed by atoms with van der Waals surface area (Å²) in [5.41, 5.74) is 2.46. The fraction of sp³-hybridized carbons (Fsp3) is 0.533. The van der Waals surface area contributed by atoms with Crippen LogP contribution in [-0.4, -0.2) is 32.6 Å². The van der Waals surface area contributed by atoms with Crippen molar-refractivity contribution in [2.75, 3.05) is 26.0 Å². The third-order valence-corrected chi connectivity index (χ3v) is 2.63. The molecule has 0 heterocycles. The number of benzene rings is 1. The monoisotopic (exact) mass is 262 g/mol. The zero-order valence-corrected chi connectivity index (χ0v) is 12.9. The first-order valence-corrected chi connectivity index (χ1v) is 6.57. The second-order valence-electron chi connectivity index (χ2n) is 5.86. The molecule has 0 fully saturated rings. The molecule has 0 amide bonds. The van der Waals surface area contributed by atoms with Crippen molar-refractivity contribution >= 4 is 11.6 Å². The van der Waals surface area contributed by atoms with Crippen LogP contribution in [0.3, 0.4) is 0 Å². The summed E-state index contributed by atoms with van der Waals surface area (Å²) in [6, 6.07) is 8.51. The smallest absolute Gasteiger partial charge is 0.191 e. The van der Waals surface area contributed by atoms with E-state index >= 15 is 0 Å². The van der Waals surface area contributed by atoms with Crippen LogP contribution in [0.2, 0.25) is 0 Å². The van der Waals surface area contributed by atoms with Gasteiger partial charge in [0.25, 0.3) is 0 Å². The van der Waals surface area contributed by atoms with Crippen molar-refractivity contribution in [2.24, 2.45) is 4.99 Å². The van der Waals surface area contributed by atoms with Crippen molar-refractivity contribution in [3.8, 4) is 0 Å². The van der Waals surface area contributed by atoms with Gasteiger partial charge in [0.15, 0.2) is 5.96 Å². The Morgan fingerprint density at radius 1 is 1.16 bits per heavy atom. The van der Waals surface area contributed by atoms with E-state index in [4.69, 9.17) is 0 Å². The molecule has 0 aliphatic rings. The number of rotatable bonds is 3. The summed E-state index contributed by atoms with van der Waals surface area (Å²) in [6.07, 6.45) is 0. The highest BCUT2D eigenvalue weighted by Gasteiger charge is 2.11. The maximum Gasteiger partial charge on any atom is 0.191 e. The highest BCUT2D eigenvalue weighted by Crippen LogP contribution is 2.11. The number of hydrogen-bond donors (Lipinski definition) is 2. The van der Waals surface area contributed by atoms with Crippen LogP contribution in [0.1, 0.15) is 26.3 Å². The van der Waals surface area contributed by atoms with Gasteiger partial charge in [-0.1, -0.05) is 12.1 Å². The third kappa shape index (κ3) is 5.64. The van der Waals surface area contributed by atoms with Crippen LogP contribution < -0.4 is 15.5 Å². The lowest BCUT2D eigenvalue weighted by Gasteiger charge is -2.23. The Morgan fingerprint density at radius 2 is 1.74 bits per heavy atom. The molecule has 2 N–H and O–H groups in total. The highest BCUT2D eigenvalue weighted by atomic mass is 15.2. The van der Waals surface area contributed by atoms with Gasteiger partial charge in [0.2, 0.25) is 0 Å². The van der Waals surface area contributed by atoms with Gasteiger partial charge in [-0.15, -0.1) is 0 Å². The standard InChI is InChI=1S/C15H26N4/c1-15(2,3)18-14(16-4)17-11-12-7-9-13(10-8-12)19(5)6/h7-10H,11H2,1-6H3,(H2,16,17,18). The molecule has 1 aromatic rings. The first-order valence-electron chi connectivity index (χ1n) is 6.57. The van der Waals surface area contributed by atoms with E-state index < -0.39 is 0 Å². The number of nitrogens with zero attached hydrogens (tertiary/aromatic N) is 2. The second kappa shape index (κ2) is 6.45. The lowest BCUT2D eigenvalue weighted by Crippen LogP contribution is -2.47. The van der Waals surface area contributed by atoms with Crippen LogP contribution in [0.25, 0.3) is 0 Å². The topological polar surface area (TPSA) is 39.7 Å². The van der Waals surface area contributed by atoms with Crippen molar-refractivity contribution in [1.29, 1.82) is 0 Å². The molecule has 0 atom stereocenters. The van der Waals surface area contributed by atoms with Gasteiger partial charge in [-0.2, -0.15) is 0 Å². The molecule has 1 rings (SSSR count). The minimum absolute atomic E-state index is 0.0105. The van der Waals surface area contributed by atoms with Gasteiger partial charge in [-0.25, -0.2) is 0 Å². The largest absolute Gasteiger partial charge is 0.378 e. The molecule has 4 nitrogen and oxygen atoms in total. The molecule has 1 aromatic carbocycles. The zero-order valence-electron chi connectivity index (χ0n) is 12.9. The quantitative estimate of drug-likeness (QED) is 0.648. The number of hydrogen-bond acceptors (Lipinski definition) is 2. The Bertz CT molecular complexity index is 413. The summed E-state index contributed by atoms with van der Waals surface area (Å²) >= 11 is 0. The summed E-state index contributed by atoms with van der Waals surface area (Å²) in [5, 5.41) is 6.65. The van der Waals surface area contributed by atoms with Gasteiger partial charge >= 0.3 is 0 Å². The Morgan fingerprint density at radius 3 is 2.16 bits per heavy atom. The minimum atomic E-state index is 0.0105. The molecule has 0 aromatic heterocycles. The molecule has 0 aliphatic carbocycles. The molecular formula is C15H26N4. The van der Waals surface area contributed by atoms with Gasteiger partial charge < -0.3 is 15.5 Å². The molecule has 106 valence electrons. The van der Waals surface area contributed by atoms with Crippen molar-refractivity contribution < 1.29 is 0 Å². The van der Waals surface area contributed by atoms with Gasteiger partial charge in [0, 0.05) is 38.9 Å². The fourth-order valence-electron chi connectivity index (χ4n) is 1.63. The average Bonchev–Trinajstić information content (AvgIpc) is 2.33. The fourth-order valence-corrected chi connectivity index (χ4v) is 1.63.